The molecule has 0 saturated carbocycles. The molecule has 24 heavy (non-hydrogen) atoms. The van der Waals surface area contributed by atoms with E-state index in [0.29, 0.717) is 23.8 Å². The van der Waals surface area contributed by atoms with Gasteiger partial charge in [0.15, 0.2) is 17.3 Å². The summed E-state index contributed by atoms with van der Waals surface area (Å²) in [5.74, 6) is 2.05. The highest BCUT2D eigenvalue weighted by atomic mass is 16.5. The zero-order valence-electron chi connectivity index (χ0n) is 13.7. The summed E-state index contributed by atoms with van der Waals surface area (Å²) in [5, 5.41) is 27.8. The first-order valence-electron chi connectivity index (χ1n) is 8.23. The fourth-order valence-corrected chi connectivity index (χ4v) is 2.89. The van der Waals surface area contributed by atoms with Crippen molar-refractivity contribution in [3.8, 4) is 17.6 Å². The molecule has 6 nitrogen and oxygen atoms in total. The summed E-state index contributed by atoms with van der Waals surface area (Å²) in [7, 11) is 0. The molecule has 3 rings (SSSR count). The van der Waals surface area contributed by atoms with E-state index in [1.165, 1.54) is 6.42 Å². The number of aromatic nitrogens is 3. The number of ether oxygens (including phenoxy) is 1. The quantitative estimate of drug-likeness (QED) is 0.873. The maximum atomic E-state index is 9.79. The molecule has 0 spiro atoms. The number of rotatable bonds is 4. The summed E-state index contributed by atoms with van der Waals surface area (Å²) < 4.78 is 7.44. The van der Waals surface area contributed by atoms with Gasteiger partial charge >= 0.3 is 0 Å². The van der Waals surface area contributed by atoms with Gasteiger partial charge < -0.3 is 14.4 Å². The second-order valence-electron chi connectivity index (χ2n) is 5.73. The number of nitriles is 1. The number of nitrogens with zero attached hydrogens (tertiary/aromatic N) is 4. The molecule has 1 aromatic carbocycles. The molecule has 124 valence electrons. The van der Waals surface area contributed by atoms with Crippen LogP contribution in [0.1, 0.15) is 43.4 Å². The summed E-state index contributed by atoms with van der Waals surface area (Å²) in [6.45, 7) is 3.16. The van der Waals surface area contributed by atoms with Crippen molar-refractivity contribution in [1.29, 1.82) is 5.26 Å². The Hall–Kier alpha value is -2.81. The Labute approximate surface area is 141 Å². The van der Waals surface area contributed by atoms with E-state index in [1.807, 2.05) is 11.5 Å². The number of phenolic OH excluding ortho intramolecular Hbond substituents is 1. The highest BCUT2D eigenvalue weighted by molar-refractivity contribution is 5.87. The average Bonchev–Trinajstić information content (AvgIpc) is 2.84. The summed E-state index contributed by atoms with van der Waals surface area (Å²) >= 11 is 0. The fraction of sp³-hybridized carbons (Fsp3) is 0.389. The van der Waals surface area contributed by atoms with Crippen LogP contribution in [0.3, 0.4) is 0 Å². The van der Waals surface area contributed by atoms with Crippen molar-refractivity contribution < 1.29 is 9.84 Å². The monoisotopic (exact) mass is 324 g/mol. The maximum absolute atomic E-state index is 9.79. The number of hydrogen-bond acceptors (Lipinski definition) is 5. The third-order valence-corrected chi connectivity index (χ3v) is 4.07. The van der Waals surface area contributed by atoms with Crippen molar-refractivity contribution in [2.45, 2.75) is 39.2 Å². The lowest BCUT2D eigenvalue weighted by molar-refractivity contribution is 0.318. The van der Waals surface area contributed by atoms with E-state index in [-0.39, 0.29) is 5.75 Å². The first-order chi connectivity index (χ1) is 11.7. The van der Waals surface area contributed by atoms with Crippen LogP contribution in [0.25, 0.3) is 11.6 Å². The molecule has 0 unspecified atom stereocenters. The molecule has 0 bridgehead atoms. The maximum Gasteiger partial charge on any atom is 0.174 e. The molecule has 1 aliphatic heterocycles. The Kier molecular flexibility index (Phi) is 4.80. The number of hydrogen-bond donors (Lipinski definition) is 1. The van der Waals surface area contributed by atoms with Crippen LogP contribution in [0, 0.1) is 11.3 Å². The van der Waals surface area contributed by atoms with Crippen molar-refractivity contribution >= 4 is 11.6 Å². The summed E-state index contributed by atoms with van der Waals surface area (Å²) in [6.07, 6.45) is 6.01. The Morgan fingerprint density at radius 3 is 3.04 bits per heavy atom. The molecule has 0 radical (unpaired) electrons. The van der Waals surface area contributed by atoms with Crippen LogP contribution in [-0.2, 0) is 13.0 Å². The number of aryl methyl sites for hydroxylation is 1. The summed E-state index contributed by atoms with van der Waals surface area (Å²) in [5.41, 5.74) is 1.24. The lowest BCUT2D eigenvalue weighted by Crippen LogP contribution is -2.05. The second-order valence-corrected chi connectivity index (χ2v) is 5.73. The minimum absolute atomic E-state index is 0.0869. The minimum Gasteiger partial charge on any atom is -0.504 e. The SMILES string of the molecule is CCOc1cc(/C=C(\C#N)c2nnc3n2CCCCC3)ccc1O. The zero-order chi connectivity index (χ0) is 16.9. The Morgan fingerprint density at radius 2 is 2.25 bits per heavy atom. The highest BCUT2D eigenvalue weighted by Gasteiger charge is 2.17. The fourth-order valence-electron chi connectivity index (χ4n) is 2.89. The van der Waals surface area contributed by atoms with E-state index in [4.69, 9.17) is 4.74 Å². The van der Waals surface area contributed by atoms with Gasteiger partial charge in [0.2, 0.25) is 0 Å². The topological polar surface area (TPSA) is 84.0 Å². The molecule has 0 atom stereocenters. The third kappa shape index (κ3) is 3.25. The van der Waals surface area contributed by atoms with Crippen LogP contribution >= 0.6 is 0 Å². The van der Waals surface area contributed by atoms with Gasteiger partial charge in [0.1, 0.15) is 11.9 Å². The van der Waals surface area contributed by atoms with Crippen LogP contribution in [0.4, 0.5) is 0 Å². The predicted molar refractivity (Wildman–Crippen MR) is 90.3 cm³/mol. The van der Waals surface area contributed by atoms with Crippen molar-refractivity contribution in [2.75, 3.05) is 6.61 Å². The van der Waals surface area contributed by atoms with Gasteiger partial charge in [-0.3, -0.25) is 0 Å². The van der Waals surface area contributed by atoms with Gasteiger partial charge in [-0.1, -0.05) is 12.5 Å². The number of aromatic hydroxyl groups is 1. The third-order valence-electron chi connectivity index (χ3n) is 4.07. The van der Waals surface area contributed by atoms with Gasteiger partial charge in [-0.25, -0.2) is 0 Å². The smallest absolute Gasteiger partial charge is 0.174 e. The van der Waals surface area contributed by atoms with Crippen LogP contribution < -0.4 is 4.74 Å². The molecule has 1 aliphatic rings. The molecule has 0 saturated heterocycles. The lowest BCUT2D eigenvalue weighted by atomic mass is 10.1. The molecular weight excluding hydrogens is 304 g/mol. The van der Waals surface area contributed by atoms with Gasteiger partial charge in [0.05, 0.1) is 12.2 Å². The number of allylic oxidation sites excluding steroid dienone is 1. The lowest BCUT2D eigenvalue weighted by Gasteiger charge is -2.08. The van der Waals surface area contributed by atoms with E-state index in [2.05, 4.69) is 16.3 Å². The average molecular weight is 324 g/mol. The predicted octanol–water partition coefficient (Wildman–Crippen LogP) is 3.17. The van der Waals surface area contributed by atoms with Gasteiger partial charge in [0.25, 0.3) is 0 Å². The first kappa shape index (κ1) is 16.1. The van der Waals surface area contributed by atoms with Gasteiger partial charge in [-0.2, -0.15) is 5.26 Å². The molecule has 1 aromatic heterocycles. The highest BCUT2D eigenvalue weighted by Crippen LogP contribution is 2.29. The molecule has 0 aliphatic carbocycles. The van der Waals surface area contributed by atoms with Crippen molar-refractivity contribution in [1.82, 2.24) is 14.8 Å². The number of benzene rings is 1. The van der Waals surface area contributed by atoms with E-state index in [0.717, 1.165) is 37.2 Å². The molecule has 6 heteroatoms. The number of phenols is 1. The van der Waals surface area contributed by atoms with E-state index in [9.17, 15) is 10.4 Å². The molecular formula is C18H20N4O2. The normalized spacial score (nSPS) is 14.6. The van der Waals surface area contributed by atoms with Gasteiger partial charge in [-0.05, 0) is 43.5 Å². The van der Waals surface area contributed by atoms with Crippen LogP contribution in [-0.4, -0.2) is 26.5 Å². The largest absolute Gasteiger partial charge is 0.504 e. The van der Waals surface area contributed by atoms with E-state index in [1.54, 1.807) is 24.3 Å². The second kappa shape index (κ2) is 7.18. The molecule has 2 heterocycles. The standard InChI is InChI=1S/C18H20N4O2/c1-2-24-16-11-13(7-8-15(16)23)10-14(12-19)18-21-20-17-6-4-3-5-9-22(17)18/h7-8,10-11,23H,2-6,9H2,1H3/b14-10+. The Bertz CT molecular complexity index is 802. The minimum atomic E-state index is 0.0869. The zero-order valence-corrected chi connectivity index (χ0v) is 13.7. The Morgan fingerprint density at radius 1 is 1.38 bits per heavy atom. The van der Waals surface area contributed by atoms with Gasteiger partial charge in [0, 0.05) is 13.0 Å². The van der Waals surface area contributed by atoms with Crippen LogP contribution in [0.15, 0.2) is 18.2 Å². The summed E-state index contributed by atoms with van der Waals surface area (Å²) in [6, 6.07) is 7.25. The van der Waals surface area contributed by atoms with Crippen molar-refractivity contribution in [2.24, 2.45) is 0 Å². The van der Waals surface area contributed by atoms with E-state index >= 15 is 0 Å². The Balaban J connectivity index is 1.98. The molecule has 0 amide bonds. The first-order valence-corrected chi connectivity index (χ1v) is 8.23. The molecule has 2 aromatic rings. The number of fused-ring (bicyclic) bond motifs is 1. The van der Waals surface area contributed by atoms with Crippen LogP contribution in [0.5, 0.6) is 11.5 Å². The molecule has 0 fully saturated rings. The van der Waals surface area contributed by atoms with E-state index < -0.39 is 0 Å². The summed E-state index contributed by atoms with van der Waals surface area (Å²) in [4.78, 5) is 0. The van der Waals surface area contributed by atoms with Gasteiger partial charge in [-0.15, -0.1) is 10.2 Å². The van der Waals surface area contributed by atoms with Crippen LogP contribution in [0.2, 0.25) is 0 Å². The van der Waals surface area contributed by atoms with Crippen molar-refractivity contribution in [3.05, 3.63) is 35.4 Å². The van der Waals surface area contributed by atoms with Crippen molar-refractivity contribution in [3.63, 3.8) is 0 Å². The molecule has 1 N–H and O–H groups in total.